The number of morpholine rings is 1. The van der Waals surface area contributed by atoms with Gasteiger partial charge in [0.1, 0.15) is 0 Å². The third-order valence-electron chi connectivity index (χ3n) is 3.06. The first kappa shape index (κ1) is 11.4. The minimum absolute atomic E-state index is 0.445. The van der Waals surface area contributed by atoms with E-state index in [1.165, 1.54) is 5.69 Å². The Morgan fingerprint density at radius 1 is 1.44 bits per heavy atom. The molecule has 0 bridgehead atoms. The van der Waals surface area contributed by atoms with Crippen LogP contribution in [0.15, 0.2) is 18.3 Å². The summed E-state index contributed by atoms with van der Waals surface area (Å²) in [5, 5.41) is 0. The second-order valence-electron chi connectivity index (χ2n) is 4.71. The van der Waals surface area contributed by atoms with Gasteiger partial charge in [-0.2, -0.15) is 0 Å². The number of hydrogen-bond acceptors (Lipinski definition) is 3. The van der Waals surface area contributed by atoms with E-state index in [9.17, 15) is 0 Å². The van der Waals surface area contributed by atoms with Crippen molar-refractivity contribution in [3.05, 3.63) is 24.0 Å². The van der Waals surface area contributed by atoms with Crippen molar-refractivity contribution in [2.45, 2.75) is 32.7 Å². The van der Waals surface area contributed by atoms with Crippen LogP contribution in [0.4, 0.5) is 5.69 Å². The lowest BCUT2D eigenvalue weighted by Gasteiger charge is -2.35. The first-order chi connectivity index (χ1) is 7.68. The maximum absolute atomic E-state index is 5.43. The van der Waals surface area contributed by atoms with E-state index in [0.29, 0.717) is 12.0 Å². The van der Waals surface area contributed by atoms with E-state index in [4.69, 9.17) is 4.74 Å². The van der Waals surface area contributed by atoms with Crippen LogP contribution in [-0.2, 0) is 4.74 Å². The van der Waals surface area contributed by atoms with E-state index in [2.05, 4.69) is 42.8 Å². The molecule has 88 valence electrons. The van der Waals surface area contributed by atoms with E-state index in [-0.39, 0.29) is 0 Å². The molecule has 0 spiro atoms. The minimum atomic E-state index is 0.445. The number of anilines is 1. The van der Waals surface area contributed by atoms with Gasteiger partial charge >= 0.3 is 0 Å². The second-order valence-corrected chi connectivity index (χ2v) is 4.71. The number of rotatable bonds is 2. The molecule has 1 aliphatic rings. The Balaban J connectivity index is 2.14. The fourth-order valence-corrected chi connectivity index (χ4v) is 2.02. The summed E-state index contributed by atoms with van der Waals surface area (Å²) in [4.78, 5) is 6.87. The van der Waals surface area contributed by atoms with Gasteiger partial charge in [-0.25, -0.2) is 0 Å². The van der Waals surface area contributed by atoms with Gasteiger partial charge in [-0.1, -0.05) is 13.8 Å². The Kier molecular flexibility index (Phi) is 3.44. The fourth-order valence-electron chi connectivity index (χ4n) is 2.02. The normalized spacial score (nSPS) is 21.5. The molecule has 1 saturated heterocycles. The average molecular weight is 220 g/mol. The lowest BCUT2D eigenvalue weighted by molar-refractivity contribution is 0.0989. The summed E-state index contributed by atoms with van der Waals surface area (Å²) in [5.74, 6) is 0.496. The van der Waals surface area contributed by atoms with Crippen molar-refractivity contribution < 1.29 is 4.74 Å². The first-order valence-electron chi connectivity index (χ1n) is 5.99. The Morgan fingerprint density at radius 3 is 2.81 bits per heavy atom. The number of aromatic nitrogens is 1. The van der Waals surface area contributed by atoms with Crippen LogP contribution in [0.5, 0.6) is 0 Å². The minimum Gasteiger partial charge on any atom is -0.377 e. The Bertz CT molecular complexity index is 334. The molecule has 0 aliphatic carbocycles. The molecule has 1 atom stereocenters. The van der Waals surface area contributed by atoms with Gasteiger partial charge in [-0.3, -0.25) is 4.98 Å². The van der Waals surface area contributed by atoms with Gasteiger partial charge in [0.05, 0.1) is 25.1 Å². The molecular formula is C13H20N2O. The molecular weight excluding hydrogens is 200 g/mol. The van der Waals surface area contributed by atoms with Crippen LogP contribution in [-0.4, -0.2) is 30.8 Å². The predicted molar refractivity (Wildman–Crippen MR) is 66.0 cm³/mol. The number of pyridine rings is 1. The van der Waals surface area contributed by atoms with E-state index in [1.807, 2.05) is 6.20 Å². The molecule has 0 saturated carbocycles. The average Bonchev–Trinajstić information content (AvgIpc) is 2.30. The summed E-state index contributed by atoms with van der Waals surface area (Å²) < 4.78 is 5.43. The van der Waals surface area contributed by atoms with Crippen molar-refractivity contribution in [2.24, 2.45) is 0 Å². The molecule has 16 heavy (non-hydrogen) atoms. The predicted octanol–water partition coefficient (Wildman–Crippen LogP) is 2.43. The van der Waals surface area contributed by atoms with E-state index in [0.717, 1.165) is 25.5 Å². The molecule has 3 heteroatoms. The maximum atomic E-state index is 5.43. The molecule has 0 amide bonds. The summed E-state index contributed by atoms with van der Waals surface area (Å²) in [6, 6.07) is 4.74. The summed E-state index contributed by atoms with van der Waals surface area (Å²) in [6.45, 7) is 9.11. The van der Waals surface area contributed by atoms with Gasteiger partial charge in [-0.05, 0) is 25.0 Å². The number of ether oxygens (including phenoxy) is 1. The van der Waals surface area contributed by atoms with Crippen molar-refractivity contribution in [3.8, 4) is 0 Å². The van der Waals surface area contributed by atoms with Crippen molar-refractivity contribution in [1.82, 2.24) is 4.98 Å². The van der Waals surface area contributed by atoms with E-state index >= 15 is 0 Å². The van der Waals surface area contributed by atoms with E-state index in [1.54, 1.807) is 0 Å². The Labute approximate surface area is 97.4 Å². The highest BCUT2D eigenvalue weighted by molar-refractivity contribution is 5.46. The standard InChI is InChI=1S/C13H20N2O/c1-10(2)13-5-4-12(8-14-13)15-6-7-16-9-11(15)3/h4-5,8,10-11H,6-7,9H2,1-3H3. The van der Waals surface area contributed by atoms with Crippen LogP contribution in [0, 0.1) is 0 Å². The molecule has 3 nitrogen and oxygen atoms in total. The van der Waals surface area contributed by atoms with Crippen LogP contribution < -0.4 is 4.90 Å². The summed E-state index contributed by atoms with van der Waals surface area (Å²) in [7, 11) is 0. The molecule has 0 N–H and O–H groups in total. The molecule has 2 heterocycles. The number of nitrogens with zero attached hydrogens (tertiary/aromatic N) is 2. The van der Waals surface area contributed by atoms with Gasteiger partial charge in [0.15, 0.2) is 0 Å². The molecule has 1 fully saturated rings. The molecule has 2 rings (SSSR count). The van der Waals surface area contributed by atoms with Crippen LogP contribution >= 0.6 is 0 Å². The van der Waals surface area contributed by atoms with Crippen LogP contribution in [0.1, 0.15) is 32.4 Å². The van der Waals surface area contributed by atoms with Crippen molar-refractivity contribution in [2.75, 3.05) is 24.7 Å². The summed E-state index contributed by atoms with van der Waals surface area (Å²) >= 11 is 0. The zero-order valence-electron chi connectivity index (χ0n) is 10.3. The highest BCUT2D eigenvalue weighted by Gasteiger charge is 2.19. The van der Waals surface area contributed by atoms with Crippen molar-refractivity contribution >= 4 is 5.69 Å². The van der Waals surface area contributed by atoms with Crippen LogP contribution in [0.2, 0.25) is 0 Å². The highest BCUT2D eigenvalue weighted by Crippen LogP contribution is 2.20. The van der Waals surface area contributed by atoms with Gasteiger partial charge in [0, 0.05) is 18.3 Å². The molecule has 1 unspecified atom stereocenters. The molecule has 0 radical (unpaired) electrons. The fraction of sp³-hybridized carbons (Fsp3) is 0.615. The van der Waals surface area contributed by atoms with Crippen LogP contribution in [0.3, 0.4) is 0 Å². The second kappa shape index (κ2) is 4.83. The molecule has 0 aromatic carbocycles. The lowest BCUT2D eigenvalue weighted by Crippen LogP contribution is -2.43. The van der Waals surface area contributed by atoms with Crippen molar-refractivity contribution in [3.63, 3.8) is 0 Å². The zero-order chi connectivity index (χ0) is 11.5. The van der Waals surface area contributed by atoms with Gasteiger partial charge in [-0.15, -0.1) is 0 Å². The quantitative estimate of drug-likeness (QED) is 0.765. The Hall–Kier alpha value is -1.09. The zero-order valence-corrected chi connectivity index (χ0v) is 10.3. The highest BCUT2D eigenvalue weighted by atomic mass is 16.5. The first-order valence-corrected chi connectivity index (χ1v) is 5.99. The van der Waals surface area contributed by atoms with Gasteiger partial charge in [0.2, 0.25) is 0 Å². The van der Waals surface area contributed by atoms with Gasteiger partial charge < -0.3 is 9.64 Å². The third kappa shape index (κ3) is 2.35. The van der Waals surface area contributed by atoms with Crippen molar-refractivity contribution in [1.29, 1.82) is 0 Å². The van der Waals surface area contributed by atoms with Crippen LogP contribution in [0.25, 0.3) is 0 Å². The van der Waals surface area contributed by atoms with Gasteiger partial charge in [0.25, 0.3) is 0 Å². The molecule has 1 aromatic heterocycles. The smallest absolute Gasteiger partial charge is 0.0668 e. The lowest BCUT2D eigenvalue weighted by atomic mass is 10.1. The molecule has 1 aliphatic heterocycles. The Morgan fingerprint density at radius 2 is 2.25 bits per heavy atom. The maximum Gasteiger partial charge on any atom is 0.0668 e. The third-order valence-corrected chi connectivity index (χ3v) is 3.06. The topological polar surface area (TPSA) is 25.4 Å². The summed E-state index contributed by atoms with van der Waals surface area (Å²) in [5.41, 5.74) is 2.37. The molecule has 1 aromatic rings. The SMILES string of the molecule is CC(C)c1ccc(N2CCOCC2C)cn1. The summed E-state index contributed by atoms with van der Waals surface area (Å²) in [6.07, 6.45) is 1.98. The van der Waals surface area contributed by atoms with E-state index < -0.39 is 0 Å². The number of hydrogen-bond donors (Lipinski definition) is 0. The largest absolute Gasteiger partial charge is 0.377 e. The monoisotopic (exact) mass is 220 g/mol.